The molecule has 1 saturated heterocycles. The summed E-state index contributed by atoms with van der Waals surface area (Å²) < 4.78 is 4.73. The molecule has 0 aromatic rings. The summed E-state index contributed by atoms with van der Waals surface area (Å²) >= 11 is 0. The van der Waals surface area contributed by atoms with Crippen LogP contribution in [-0.2, 0) is 4.74 Å². The number of fused-ring (bicyclic) bond motifs is 1. The molecular formula is C10H17NO2. The molecule has 74 valence electrons. The fourth-order valence-electron chi connectivity index (χ4n) is 2.57. The van der Waals surface area contributed by atoms with E-state index >= 15 is 0 Å². The lowest BCUT2D eigenvalue weighted by atomic mass is 9.85. The number of carbonyl (C=O) groups is 1. The van der Waals surface area contributed by atoms with Crippen molar-refractivity contribution in [1.82, 2.24) is 4.90 Å². The van der Waals surface area contributed by atoms with Gasteiger partial charge in [0.15, 0.2) is 0 Å². The molecule has 2 fully saturated rings. The number of carbonyl (C=O) groups excluding carboxylic acids is 1. The smallest absolute Gasteiger partial charge is 0.409 e. The molecule has 3 heteroatoms. The third-order valence-electron chi connectivity index (χ3n) is 3.36. The van der Waals surface area contributed by atoms with Crippen molar-refractivity contribution in [3.63, 3.8) is 0 Å². The largest absolute Gasteiger partial charge is 0.453 e. The molecule has 2 atom stereocenters. The monoisotopic (exact) mass is 183 g/mol. The number of methoxy groups -OCH3 is 1. The van der Waals surface area contributed by atoms with Gasteiger partial charge < -0.3 is 9.64 Å². The first-order valence-electron chi connectivity index (χ1n) is 5.17. The summed E-state index contributed by atoms with van der Waals surface area (Å²) in [6, 6.07) is 0.495. The van der Waals surface area contributed by atoms with Crippen molar-refractivity contribution in [3.8, 4) is 0 Å². The lowest BCUT2D eigenvalue weighted by Crippen LogP contribution is -2.58. The second-order valence-electron chi connectivity index (χ2n) is 4.09. The molecule has 0 bridgehead atoms. The number of hydrogen-bond acceptors (Lipinski definition) is 2. The SMILES string of the molecule is COC(=O)N1CC2CCCCCC21. The summed E-state index contributed by atoms with van der Waals surface area (Å²) in [7, 11) is 1.46. The first-order valence-corrected chi connectivity index (χ1v) is 5.17. The van der Waals surface area contributed by atoms with Crippen molar-refractivity contribution in [3.05, 3.63) is 0 Å². The normalized spacial score (nSPS) is 32.8. The van der Waals surface area contributed by atoms with Gasteiger partial charge in [0.1, 0.15) is 0 Å². The standard InChI is InChI=1S/C10H17NO2/c1-13-10(12)11-7-8-5-3-2-4-6-9(8)11/h8-9H,2-7H2,1H3. The molecule has 1 heterocycles. The van der Waals surface area contributed by atoms with Crippen LogP contribution in [0.3, 0.4) is 0 Å². The molecule has 2 rings (SSSR count). The lowest BCUT2D eigenvalue weighted by molar-refractivity contribution is 0.0112. The second kappa shape index (κ2) is 3.56. The quantitative estimate of drug-likeness (QED) is 0.575. The maximum absolute atomic E-state index is 11.3. The van der Waals surface area contributed by atoms with Gasteiger partial charge in [-0.25, -0.2) is 4.79 Å². The highest BCUT2D eigenvalue weighted by molar-refractivity contribution is 5.69. The Bertz CT molecular complexity index is 205. The summed E-state index contributed by atoms with van der Waals surface area (Å²) in [6.07, 6.45) is 6.30. The highest BCUT2D eigenvalue weighted by atomic mass is 16.5. The predicted octanol–water partition coefficient (Wildman–Crippen LogP) is 2.02. The van der Waals surface area contributed by atoms with Crippen LogP contribution in [-0.4, -0.2) is 30.7 Å². The van der Waals surface area contributed by atoms with E-state index in [1.165, 1.54) is 39.2 Å². The van der Waals surface area contributed by atoms with Crippen LogP contribution in [0, 0.1) is 5.92 Å². The van der Waals surface area contributed by atoms with Crippen LogP contribution < -0.4 is 0 Å². The Morgan fingerprint density at radius 2 is 2.08 bits per heavy atom. The van der Waals surface area contributed by atoms with E-state index in [4.69, 9.17) is 4.74 Å². The molecule has 13 heavy (non-hydrogen) atoms. The first kappa shape index (κ1) is 8.85. The molecule has 1 aliphatic carbocycles. The molecule has 2 unspecified atom stereocenters. The lowest BCUT2D eigenvalue weighted by Gasteiger charge is -2.46. The molecule has 1 amide bonds. The van der Waals surface area contributed by atoms with Crippen molar-refractivity contribution in [2.45, 2.75) is 38.1 Å². The number of likely N-dealkylation sites (tertiary alicyclic amines) is 1. The third kappa shape index (κ3) is 1.52. The number of nitrogens with zero attached hydrogens (tertiary/aromatic N) is 1. The fourth-order valence-corrected chi connectivity index (χ4v) is 2.57. The average Bonchev–Trinajstić information content (AvgIpc) is 2.29. The zero-order valence-electron chi connectivity index (χ0n) is 8.16. The molecule has 0 aromatic carbocycles. The van der Waals surface area contributed by atoms with Gasteiger partial charge in [0, 0.05) is 12.6 Å². The van der Waals surface area contributed by atoms with E-state index in [1.54, 1.807) is 0 Å². The Labute approximate surface area is 79.0 Å². The zero-order chi connectivity index (χ0) is 9.26. The zero-order valence-corrected chi connectivity index (χ0v) is 8.16. The maximum atomic E-state index is 11.3. The van der Waals surface area contributed by atoms with Gasteiger partial charge in [0.05, 0.1) is 7.11 Å². The van der Waals surface area contributed by atoms with Gasteiger partial charge in [0.2, 0.25) is 0 Å². The maximum Gasteiger partial charge on any atom is 0.409 e. The van der Waals surface area contributed by atoms with Gasteiger partial charge in [-0.05, 0) is 18.8 Å². The van der Waals surface area contributed by atoms with E-state index in [-0.39, 0.29) is 6.09 Å². The van der Waals surface area contributed by atoms with Crippen LogP contribution in [0.2, 0.25) is 0 Å². The van der Waals surface area contributed by atoms with E-state index < -0.39 is 0 Å². The molecule has 3 nitrogen and oxygen atoms in total. The van der Waals surface area contributed by atoms with Crippen LogP contribution in [0.5, 0.6) is 0 Å². The summed E-state index contributed by atoms with van der Waals surface area (Å²) in [4.78, 5) is 13.1. The van der Waals surface area contributed by atoms with Gasteiger partial charge in [-0.3, -0.25) is 0 Å². The summed E-state index contributed by atoms with van der Waals surface area (Å²) in [5.41, 5.74) is 0. The van der Waals surface area contributed by atoms with E-state index in [9.17, 15) is 4.79 Å². The average molecular weight is 183 g/mol. The van der Waals surface area contributed by atoms with Gasteiger partial charge in [0.25, 0.3) is 0 Å². The Kier molecular flexibility index (Phi) is 2.42. The number of hydrogen-bond donors (Lipinski definition) is 0. The van der Waals surface area contributed by atoms with E-state index in [0.29, 0.717) is 6.04 Å². The molecular weight excluding hydrogens is 166 g/mol. The van der Waals surface area contributed by atoms with Gasteiger partial charge in [-0.2, -0.15) is 0 Å². The second-order valence-corrected chi connectivity index (χ2v) is 4.09. The van der Waals surface area contributed by atoms with Crippen molar-refractivity contribution < 1.29 is 9.53 Å². The topological polar surface area (TPSA) is 29.5 Å². The van der Waals surface area contributed by atoms with Gasteiger partial charge in [-0.15, -0.1) is 0 Å². The minimum absolute atomic E-state index is 0.136. The molecule has 2 aliphatic rings. The summed E-state index contributed by atoms with van der Waals surface area (Å²) in [6.45, 7) is 0.928. The highest BCUT2D eigenvalue weighted by Gasteiger charge is 2.42. The number of rotatable bonds is 0. The Balaban J connectivity index is 1.93. The molecule has 0 spiro atoms. The predicted molar refractivity (Wildman–Crippen MR) is 49.5 cm³/mol. The molecule has 0 radical (unpaired) electrons. The summed E-state index contributed by atoms with van der Waals surface area (Å²) in [5.74, 6) is 0.765. The molecule has 0 aromatic heterocycles. The van der Waals surface area contributed by atoms with Crippen LogP contribution in [0.1, 0.15) is 32.1 Å². The van der Waals surface area contributed by atoms with Crippen molar-refractivity contribution >= 4 is 6.09 Å². The minimum atomic E-state index is -0.136. The molecule has 1 saturated carbocycles. The first-order chi connectivity index (χ1) is 6.33. The van der Waals surface area contributed by atoms with Crippen LogP contribution >= 0.6 is 0 Å². The Morgan fingerprint density at radius 1 is 1.31 bits per heavy atom. The van der Waals surface area contributed by atoms with Crippen molar-refractivity contribution in [1.29, 1.82) is 0 Å². The van der Waals surface area contributed by atoms with Gasteiger partial charge >= 0.3 is 6.09 Å². The third-order valence-corrected chi connectivity index (χ3v) is 3.36. The van der Waals surface area contributed by atoms with Crippen molar-refractivity contribution in [2.24, 2.45) is 5.92 Å². The van der Waals surface area contributed by atoms with Crippen LogP contribution in [0.15, 0.2) is 0 Å². The minimum Gasteiger partial charge on any atom is -0.453 e. The van der Waals surface area contributed by atoms with Crippen molar-refractivity contribution in [2.75, 3.05) is 13.7 Å². The number of ether oxygens (including phenoxy) is 1. The Hall–Kier alpha value is -0.730. The molecule has 1 aliphatic heterocycles. The highest BCUT2D eigenvalue weighted by Crippen LogP contribution is 2.36. The van der Waals surface area contributed by atoms with E-state index in [0.717, 1.165) is 12.5 Å². The fraction of sp³-hybridized carbons (Fsp3) is 0.900. The van der Waals surface area contributed by atoms with E-state index in [1.807, 2.05) is 4.90 Å². The van der Waals surface area contributed by atoms with Gasteiger partial charge in [-0.1, -0.05) is 19.3 Å². The summed E-state index contributed by atoms with van der Waals surface area (Å²) in [5, 5.41) is 0. The van der Waals surface area contributed by atoms with Crippen LogP contribution in [0.4, 0.5) is 4.79 Å². The van der Waals surface area contributed by atoms with E-state index in [2.05, 4.69) is 0 Å². The Morgan fingerprint density at radius 3 is 2.85 bits per heavy atom. The van der Waals surface area contributed by atoms with Crippen LogP contribution in [0.25, 0.3) is 0 Å². The molecule has 0 N–H and O–H groups in total. The number of amides is 1.